The normalized spacial score (nSPS) is 10.6. The number of aryl methyl sites for hydroxylation is 1. The molecule has 0 aliphatic rings. The molecule has 106 valence electrons. The molecule has 0 bridgehead atoms. The maximum absolute atomic E-state index is 13.1. The lowest BCUT2D eigenvalue weighted by atomic mass is 10.2. The van der Waals surface area contributed by atoms with Gasteiger partial charge in [0, 0.05) is 13.0 Å². The van der Waals surface area contributed by atoms with E-state index in [4.69, 9.17) is 11.6 Å². The summed E-state index contributed by atoms with van der Waals surface area (Å²) < 4.78 is 25.9. The number of rotatable bonds is 5. The third kappa shape index (κ3) is 3.51. The van der Waals surface area contributed by atoms with E-state index in [9.17, 15) is 13.6 Å². The van der Waals surface area contributed by atoms with Crippen LogP contribution in [0.5, 0.6) is 0 Å². The van der Waals surface area contributed by atoms with Crippen molar-refractivity contribution in [3.8, 4) is 0 Å². The van der Waals surface area contributed by atoms with E-state index in [0.29, 0.717) is 25.2 Å². The van der Waals surface area contributed by atoms with Gasteiger partial charge in [-0.3, -0.25) is 9.89 Å². The molecule has 0 saturated heterocycles. The topological polar surface area (TPSA) is 70.7 Å². The molecule has 0 radical (unpaired) electrons. The van der Waals surface area contributed by atoms with Crippen molar-refractivity contribution in [3.05, 3.63) is 46.5 Å². The quantitative estimate of drug-likeness (QED) is 0.656. The number of carbonyl (C=O) groups is 1. The molecule has 1 amide bonds. The fourth-order valence-corrected chi connectivity index (χ4v) is 1.84. The van der Waals surface area contributed by atoms with Gasteiger partial charge in [0.25, 0.3) is 5.91 Å². The van der Waals surface area contributed by atoms with Gasteiger partial charge in [-0.2, -0.15) is 5.10 Å². The molecule has 0 aliphatic heterocycles. The lowest BCUT2D eigenvalue weighted by molar-refractivity contribution is 0.0952. The van der Waals surface area contributed by atoms with Gasteiger partial charge in [0.05, 0.1) is 10.6 Å². The minimum atomic E-state index is -1.11. The van der Waals surface area contributed by atoms with E-state index < -0.39 is 17.5 Å². The summed E-state index contributed by atoms with van der Waals surface area (Å²) in [6.07, 6.45) is 2.64. The molecule has 20 heavy (non-hydrogen) atoms. The number of halogens is 3. The molecule has 0 aliphatic carbocycles. The SMILES string of the molecule is O=C(NCCCc1ncn[nH]1)c1cc(F)c(F)cc1Cl. The van der Waals surface area contributed by atoms with Gasteiger partial charge in [-0.05, 0) is 18.6 Å². The molecule has 5 nitrogen and oxygen atoms in total. The van der Waals surface area contributed by atoms with Gasteiger partial charge < -0.3 is 5.32 Å². The molecule has 0 fully saturated rings. The van der Waals surface area contributed by atoms with E-state index in [1.54, 1.807) is 0 Å². The Bertz CT molecular complexity index is 604. The average molecular weight is 301 g/mol. The number of benzene rings is 1. The lowest BCUT2D eigenvalue weighted by Gasteiger charge is -2.06. The Balaban J connectivity index is 1.87. The van der Waals surface area contributed by atoms with Crippen LogP contribution in [0.25, 0.3) is 0 Å². The molecular formula is C12H11ClF2N4O. The van der Waals surface area contributed by atoms with Crippen LogP contribution < -0.4 is 5.32 Å². The smallest absolute Gasteiger partial charge is 0.252 e. The van der Waals surface area contributed by atoms with Crippen molar-refractivity contribution in [1.29, 1.82) is 0 Å². The predicted octanol–water partition coefficient (Wildman–Crippen LogP) is 2.10. The van der Waals surface area contributed by atoms with Crippen LogP contribution in [0.2, 0.25) is 5.02 Å². The van der Waals surface area contributed by atoms with Crippen LogP contribution >= 0.6 is 11.6 Å². The fraction of sp³-hybridized carbons (Fsp3) is 0.250. The van der Waals surface area contributed by atoms with Crippen molar-refractivity contribution < 1.29 is 13.6 Å². The number of aromatic nitrogens is 3. The minimum Gasteiger partial charge on any atom is -0.352 e. The van der Waals surface area contributed by atoms with Crippen molar-refractivity contribution in [2.75, 3.05) is 6.54 Å². The molecule has 1 aromatic heterocycles. The summed E-state index contributed by atoms with van der Waals surface area (Å²) in [5.41, 5.74) is -0.0924. The highest BCUT2D eigenvalue weighted by Gasteiger charge is 2.14. The fourth-order valence-electron chi connectivity index (χ4n) is 1.60. The van der Waals surface area contributed by atoms with E-state index >= 15 is 0 Å². The highest BCUT2D eigenvalue weighted by molar-refractivity contribution is 6.33. The zero-order valence-electron chi connectivity index (χ0n) is 10.3. The van der Waals surface area contributed by atoms with Gasteiger partial charge in [-0.25, -0.2) is 13.8 Å². The van der Waals surface area contributed by atoms with Gasteiger partial charge in [-0.1, -0.05) is 11.6 Å². The summed E-state index contributed by atoms with van der Waals surface area (Å²) in [5, 5.41) is 8.83. The standard InChI is InChI=1S/C12H11ClF2N4O/c13-8-5-10(15)9(14)4-7(8)12(20)16-3-1-2-11-17-6-18-19-11/h4-6H,1-3H2,(H,16,20)(H,17,18,19). The largest absolute Gasteiger partial charge is 0.352 e. The van der Waals surface area contributed by atoms with Crippen molar-refractivity contribution in [2.24, 2.45) is 0 Å². The average Bonchev–Trinajstić information content (AvgIpc) is 2.92. The molecule has 2 aromatic rings. The molecule has 0 unspecified atom stereocenters. The van der Waals surface area contributed by atoms with Crippen LogP contribution in [0.4, 0.5) is 8.78 Å². The summed E-state index contributed by atoms with van der Waals surface area (Å²) in [5.74, 6) is -2.03. The second-order valence-corrected chi connectivity index (χ2v) is 4.44. The summed E-state index contributed by atoms with van der Waals surface area (Å²) in [4.78, 5) is 15.7. The van der Waals surface area contributed by atoms with Crippen molar-refractivity contribution in [3.63, 3.8) is 0 Å². The van der Waals surface area contributed by atoms with E-state index in [0.717, 1.165) is 12.1 Å². The Hall–Kier alpha value is -2.02. The first-order valence-electron chi connectivity index (χ1n) is 5.85. The van der Waals surface area contributed by atoms with Crippen LogP contribution in [-0.4, -0.2) is 27.6 Å². The number of H-pyrrole nitrogens is 1. The number of nitrogens with one attached hydrogen (secondary N) is 2. The first kappa shape index (κ1) is 14.4. The summed E-state index contributed by atoms with van der Waals surface area (Å²) in [6, 6.07) is 1.56. The van der Waals surface area contributed by atoms with Crippen LogP contribution in [0.3, 0.4) is 0 Å². The van der Waals surface area contributed by atoms with Gasteiger partial charge in [0.2, 0.25) is 0 Å². The number of hydrogen-bond acceptors (Lipinski definition) is 3. The third-order valence-electron chi connectivity index (χ3n) is 2.60. The predicted molar refractivity (Wildman–Crippen MR) is 68.4 cm³/mol. The minimum absolute atomic E-state index is 0.0924. The van der Waals surface area contributed by atoms with Gasteiger partial charge in [0.15, 0.2) is 11.6 Å². The molecule has 2 rings (SSSR count). The van der Waals surface area contributed by atoms with Crippen molar-refractivity contribution >= 4 is 17.5 Å². The summed E-state index contributed by atoms with van der Waals surface area (Å²) >= 11 is 5.70. The first-order chi connectivity index (χ1) is 9.58. The monoisotopic (exact) mass is 300 g/mol. The Morgan fingerprint density at radius 3 is 2.80 bits per heavy atom. The van der Waals surface area contributed by atoms with E-state index in [1.165, 1.54) is 6.33 Å². The highest BCUT2D eigenvalue weighted by Crippen LogP contribution is 2.19. The molecule has 0 spiro atoms. The Morgan fingerprint density at radius 2 is 2.10 bits per heavy atom. The van der Waals surface area contributed by atoms with Gasteiger partial charge in [0.1, 0.15) is 12.2 Å². The molecule has 8 heteroatoms. The molecule has 2 N–H and O–H groups in total. The molecule has 0 saturated carbocycles. The zero-order valence-corrected chi connectivity index (χ0v) is 11.0. The highest BCUT2D eigenvalue weighted by atomic mass is 35.5. The lowest BCUT2D eigenvalue weighted by Crippen LogP contribution is -2.25. The van der Waals surface area contributed by atoms with E-state index in [-0.39, 0.29) is 10.6 Å². The summed E-state index contributed by atoms with van der Waals surface area (Å²) in [7, 11) is 0. The van der Waals surface area contributed by atoms with Crippen molar-refractivity contribution in [2.45, 2.75) is 12.8 Å². The molecule has 1 heterocycles. The van der Waals surface area contributed by atoms with Crippen LogP contribution in [0.1, 0.15) is 22.6 Å². The molecular weight excluding hydrogens is 290 g/mol. The van der Waals surface area contributed by atoms with E-state index in [1.807, 2.05) is 0 Å². The first-order valence-corrected chi connectivity index (χ1v) is 6.22. The molecule has 1 aromatic carbocycles. The second-order valence-electron chi connectivity index (χ2n) is 4.04. The number of carbonyl (C=O) groups excluding carboxylic acids is 1. The Kier molecular flexibility index (Phi) is 4.62. The van der Waals surface area contributed by atoms with Gasteiger partial charge >= 0.3 is 0 Å². The van der Waals surface area contributed by atoms with Crippen molar-refractivity contribution in [1.82, 2.24) is 20.5 Å². The van der Waals surface area contributed by atoms with Crippen LogP contribution in [0, 0.1) is 11.6 Å². The Morgan fingerprint density at radius 1 is 1.35 bits per heavy atom. The summed E-state index contributed by atoms with van der Waals surface area (Å²) in [6.45, 7) is 0.356. The maximum Gasteiger partial charge on any atom is 0.252 e. The number of amides is 1. The third-order valence-corrected chi connectivity index (χ3v) is 2.91. The number of nitrogens with zero attached hydrogens (tertiary/aromatic N) is 2. The zero-order chi connectivity index (χ0) is 14.5. The number of aromatic amines is 1. The van der Waals surface area contributed by atoms with Gasteiger partial charge in [-0.15, -0.1) is 0 Å². The maximum atomic E-state index is 13.1. The van der Waals surface area contributed by atoms with E-state index in [2.05, 4.69) is 20.5 Å². The number of hydrogen-bond donors (Lipinski definition) is 2. The molecule has 0 atom stereocenters. The van der Waals surface area contributed by atoms with Crippen LogP contribution in [-0.2, 0) is 6.42 Å². The van der Waals surface area contributed by atoms with Crippen LogP contribution in [0.15, 0.2) is 18.5 Å². The Labute approximate surface area is 118 Å². The second kappa shape index (κ2) is 6.42.